The molecular weight excluding hydrogens is 258 g/mol. The number of aliphatic carboxylic acids is 1. The Labute approximate surface area is 116 Å². The highest BCUT2D eigenvalue weighted by Gasteiger charge is 2.23. The molecule has 0 spiro atoms. The van der Waals surface area contributed by atoms with Gasteiger partial charge in [0.15, 0.2) is 0 Å². The molecule has 6 nitrogen and oxygen atoms in total. The van der Waals surface area contributed by atoms with Crippen LogP contribution in [-0.2, 0) is 16.1 Å². The van der Waals surface area contributed by atoms with Crippen molar-refractivity contribution in [3.8, 4) is 0 Å². The third kappa shape index (κ3) is 2.96. The second-order valence-corrected chi connectivity index (χ2v) is 4.99. The molecule has 1 aromatic heterocycles. The molecule has 1 aromatic carbocycles. The summed E-state index contributed by atoms with van der Waals surface area (Å²) in [6.45, 7) is 3.56. The van der Waals surface area contributed by atoms with E-state index in [4.69, 9.17) is 5.11 Å². The fourth-order valence-electron chi connectivity index (χ4n) is 2.02. The highest BCUT2D eigenvalue weighted by molar-refractivity contribution is 5.85. The van der Waals surface area contributed by atoms with Crippen molar-refractivity contribution in [3.05, 3.63) is 30.6 Å². The number of benzene rings is 1. The molecule has 0 fully saturated rings. The van der Waals surface area contributed by atoms with Crippen molar-refractivity contribution in [1.82, 2.24) is 14.9 Å². The number of hydrogen-bond acceptors (Lipinski definition) is 3. The first-order chi connectivity index (χ1) is 9.49. The van der Waals surface area contributed by atoms with Crippen LogP contribution in [0.25, 0.3) is 11.0 Å². The van der Waals surface area contributed by atoms with E-state index >= 15 is 0 Å². The molecule has 0 aliphatic heterocycles. The van der Waals surface area contributed by atoms with Crippen LogP contribution in [-0.4, -0.2) is 32.6 Å². The number of imidazole rings is 1. The molecule has 0 saturated heterocycles. The van der Waals surface area contributed by atoms with Gasteiger partial charge in [0.25, 0.3) is 0 Å². The zero-order valence-corrected chi connectivity index (χ0v) is 11.4. The lowest BCUT2D eigenvalue weighted by molar-refractivity contribution is -0.143. The van der Waals surface area contributed by atoms with E-state index in [9.17, 15) is 9.59 Å². The zero-order valence-electron chi connectivity index (χ0n) is 11.4. The summed E-state index contributed by atoms with van der Waals surface area (Å²) in [7, 11) is 0. The fourth-order valence-corrected chi connectivity index (χ4v) is 2.02. The summed E-state index contributed by atoms with van der Waals surface area (Å²) in [6, 6.07) is 6.59. The Morgan fingerprint density at radius 1 is 1.35 bits per heavy atom. The summed E-state index contributed by atoms with van der Waals surface area (Å²) >= 11 is 0. The van der Waals surface area contributed by atoms with Crippen molar-refractivity contribution < 1.29 is 14.7 Å². The highest BCUT2D eigenvalue weighted by atomic mass is 16.4. The topological polar surface area (TPSA) is 84.2 Å². The van der Waals surface area contributed by atoms with Gasteiger partial charge in [0.05, 0.1) is 17.4 Å². The molecule has 1 unspecified atom stereocenters. The number of carbonyl (C=O) groups excluding carboxylic acids is 1. The predicted molar refractivity (Wildman–Crippen MR) is 74.1 cm³/mol. The van der Waals surface area contributed by atoms with Crippen LogP contribution in [0.3, 0.4) is 0 Å². The van der Waals surface area contributed by atoms with Crippen molar-refractivity contribution in [1.29, 1.82) is 0 Å². The maximum absolute atomic E-state index is 12.0. The maximum atomic E-state index is 12.0. The molecule has 2 rings (SSSR count). The largest absolute Gasteiger partial charge is 0.480 e. The number of carbonyl (C=O) groups is 2. The molecule has 1 amide bonds. The molecule has 2 N–H and O–H groups in total. The number of hydrogen-bond donors (Lipinski definition) is 2. The van der Waals surface area contributed by atoms with Gasteiger partial charge in [-0.15, -0.1) is 0 Å². The first-order valence-corrected chi connectivity index (χ1v) is 6.41. The van der Waals surface area contributed by atoms with Gasteiger partial charge in [0, 0.05) is 0 Å². The van der Waals surface area contributed by atoms with Crippen molar-refractivity contribution in [2.24, 2.45) is 5.92 Å². The summed E-state index contributed by atoms with van der Waals surface area (Å²) in [5.74, 6) is -1.53. The first-order valence-electron chi connectivity index (χ1n) is 6.41. The van der Waals surface area contributed by atoms with E-state index < -0.39 is 12.0 Å². The summed E-state index contributed by atoms with van der Waals surface area (Å²) < 4.78 is 1.70. The average molecular weight is 275 g/mol. The smallest absolute Gasteiger partial charge is 0.326 e. The van der Waals surface area contributed by atoms with Crippen molar-refractivity contribution >= 4 is 22.9 Å². The van der Waals surface area contributed by atoms with Crippen LogP contribution in [0.1, 0.15) is 13.8 Å². The molecule has 0 aliphatic carbocycles. The monoisotopic (exact) mass is 275 g/mol. The average Bonchev–Trinajstić information content (AvgIpc) is 2.79. The number of carboxylic acids is 1. The van der Waals surface area contributed by atoms with E-state index in [0.717, 1.165) is 11.0 Å². The van der Waals surface area contributed by atoms with Crippen molar-refractivity contribution in [2.75, 3.05) is 0 Å². The quantitative estimate of drug-likeness (QED) is 0.860. The van der Waals surface area contributed by atoms with E-state index in [2.05, 4.69) is 10.3 Å². The second kappa shape index (κ2) is 5.73. The highest BCUT2D eigenvalue weighted by Crippen LogP contribution is 2.11. The lowest BCUT2D eigenvalue weighted by atomic mass is 10.1. The standard InChI is InChI=1S/C14H17N3O3/c1-9(2)13(14(19)20)16-12(18)7-17-8-15-10-5-3-4-6-11(10)17/h3-6,8-9,13H,7H2,1-2H3,(H,16,18)(H,19,20). The number of carboxylic acid groups (broad SMARTS) is 1. The van der Waals surface area contributed by atoms with Crippen LogP contribution in [0.2, 0.25) is 0 Å². The molecular formula is C14H17N3O3. The molecule has 0 radical (unpaired) electrons. The number of nitrogens with one attached hydrogen (secondary N) is 1. The van der Waals surface area contributed by atoms with E-state index in [0.29, 0.717) is 0 Å². The molecule has 6 heteroatoms. The van der Waals surface area contributed by atoms with Gasteiger partial charge in [0.2, 0.25) is 5.91 Å². The third-order valence-corrected chi connectivity index (χ3v) is 3.09. The molecule has 0 bridgehead atoms. The number of aromatic nitrogens is 2. The molecule has 0 saturated carbocycles. The summed E-state index contributed by atoms with van der Waals surface area (Å²) in [5, 5.41) is 11.6. The molecule has 106 valence electrons. The van der Waals surface area contributed by atoms with Crippen molar-refractivity contribution in [3.63, 3.8) is 0 Å². The van der Waals surface area contributed by atoms with Crippen LogP contribution < -0.4 is 5.32 Å². The molecule has 1 heterocycles. The summed E-state index contributed by atoms with van der Waals surface area (Å²) in [5.41, 5.74) is 1.65. The Balaban J connectivity index is 2.10. The van der Waals surface area contributed by atoms with Crippen LogP contribution in [0.5, 0.6) is 0 Å². The number of rotatable bonds is 5. The van der Waals surface area contributed by atoms with Gasteiger partial charge >= 0.3 is 5.97 Å². The number of para-hydroxylation sites is 2. The SMILES string of the molecule is CC(C)C(NC(=O)Cn1cnc2ccccc21)C(=O)O. The van der Waals surface area contributed by atoms with Gasteiger partial charge < -0.3 is 15.0 Å². The third-order valence-electron chi connectivity index (χ3n) is 3.09. The molecule has 1 atom stereocenters. The first kappa shape index (κ1) is 14.0. The van der Waals surface area contributed by atoms with Crippen LogP contribution >= 0.6 is 0 Å². The summed E-state index contributed by atoms with van der Waals surface area (Å²) in [4.78, 5) is 27.2. The van der Waals surface area contributed by atoms with Crippen LogP contribution in [0, 0.1) is 5.92 Å². The van der Waals surface area contributed by atoms with Gasteiger partial charge in [0.1, 0.15) is 12.6 Å². The Kier molecular flexibility index (Phi) is 4.02. The number of nitrogens with zero attached hydrogens (tertiary/aromatic N) is 2. The van der Waals surface area contributed by atoms with Gasteiger partial charge in [-0.05, 0) is 18.1 Å². The van der Waals surface area contributed by atoms with Crippen molar-refractivity contribution in [2.45, 2.75) is 26.4 Å². The minimum atomic E-state index is -1.02. The Morgan fingerprint density at radius 2 is 2.05 bits per heavy atom. The predicted octanol–water partition coefficient (Wildman–Crippen LogP) is 1.26. The second-order valence-electron chi connectivity index (χ2n) is 4.99. The van der Waals surface area contributed by atoms with Gasteiger partial charge in [-0.25, -0.2) is 9.78 Å². The molecule has 0 aliphatic rings. The summed E-state index contributed by atoms with van der Waals surface area (Å²) in [6.07, 6.45) is 1.58. The zero-order chi connectivity index (χ0) is 14.7. The lowest BCUT2D eigenvalue weighted by Gasteiger charge is -2.18. The van der Waals surface area contributed by atoms with Crippen LogP contribution in [0.15, 0.2) is 30.6 Å². The van der Waals surface area contributed by atoms with Gasteiger partial charge in [-0.1, -0.05) is 26.0 Å². The van der Waals surface area contributed by atoms with E-state index in [1.54, 1.807) is 24.7 Å². The number of fused-ring (bicyclic) bond motifs is 1. The lowest BCUT2D eigenvalue weighted by Crippen LogP contribution is -2.45. The Bertz CT molecular complexity index is 633. The Morgan fingerprint density at radius 3 is 2.70 bits per heavy atom. The van der Waals surface area contributed by atoms with Gasteiger partial charge in [-0.2, -0.15) is 0 Å². The van der Waals surface area contributed by atoms with E-state index in [1.807, 2.05) is 24.3 Å². The van der Waals surface area contributed by atoms with Gasteiger partial charge in [-0.3, -0.25) is 4.79 Å². The normalized spacial score (nSPS) is 12.6. The minimum Gasteiger partial charge on any atom is -0.480 e. The fraction of sp³-hybridized carbons (Fsp3) is 0.357. The molecule has 2 aromatic rings. The molecule has 20 heavy (non-hydrogen) atoms. The Hall–Kier alpha value is -2.37. The number of amides is 1. The van der Waals surface area contributed by atoms with E-state index in [1.165, 1.54) is 0 Å². The maximum Gasteiger partial charge on any atom is 0.326 e. The minimum absolute atomic E-state index is 0.0526. The van der Waals surface area contributed by atoms with E-state index in [-0.39, 0.29) is 18.4 Å². The van der Waals surface area contributed by atoms with Crippen LogP contribution in [0.4, 0.5) is 0 Å².